The van der Waals surface area contributed by atoms with Gasteiger partial charge < -0.3 is 4.74 Å². The number of sulfonamides is 1. The lowest BCUT2D eigenvalue weighted by molar-refractivity contribution is 0.151. The van der Waals surface area contributed by atoms with Crippen molar-refractivity contribution in [1.29, 1.82) is 0 Å². The fourth-order valence-corrected chi connectivity index (χ4v) is 3.68. The summed E-state index contributed by atoms with van der Waals surface area (Å²) in [5.74, 6) is 0.842. The van der Waals surface area contributed by atoms with Gasteiger partial charge in [-0.1, -0.05) is 0 Å². The lowest BCUT2D eigenvalue weighted by atomic mass is 10.3. The first-order valence-electron chi connectivity index (χ1n) is 6.19. The second-order valence-electron chi connectivity index (χ2n) is 5.10. The van der Waals surface area contributed by atoms with Gasteiger partial charge in [0.1, 0.15) is 5.82 Å². The van der Waals surface area contributed by atoms with Gasteiger partial charge in [0, 0.05) is 6.54 Å². The summed E-state index contributed by atoms with van der Waals surface area (Å²) in [4.78, 5) is 3.76. The number of aromatic nitrogens is 1. The molecule has 1 saturated carbocycles. The maximum Gasteiger partial charge on any atom is 0.258 e. The second-order valence-corrected chi connectivity index (χ2v) is 6.81. The number of rotatable bonds is 4. The third kappa shape index (κ3) is 2.37. The number of aryl methyl sites for hydroxylation is 1. The molecule has 2 atom stereocenters. The predicted molar refractivity (Wildman–Crippen MR) is 65.4 cm³/mol. The van der Waals surface area contributed by atoms with Gasteiger partial charge >= 0.3 is 0 Å². The van der Waals surface area contributed by atoms with Gasteiger partial charge in [-0.2, -0.15) is 0 Å². The molecule has 1 N–H and O–H groups in total. The molecule has 1 aromatic rings. The number of halogens is 1. The van der Waals surface area contributed by atoms with Gasteiger partial charge in [0.15, 0.2) is 5.03 Å². The summed E-state index contributed by atoms with van der Waals surface area (Å²) < 4.78 is 44.9. The van der Waals surface area contributed by atoms with E-state index in [4.69, 9.17) is 4.74 Å². The quantitative estimate of drug-likeness (QED) is 0.884. The van der Waals surface area contributed by atoms with E-state index in [0.717, 1.165) is 19.3 Å². The minimum Gasteiger partial charge on any atom is -0.381 e. The third-order valence-corrected chi connectivity index (χ3v) is 5.23. The first-order chi connectivity index (χ1) is 8.99. The summed E-state index contributed by atoms with van der Waals surface area (Å²) in [5, 5.41) is -0.131. The molecular weight excluding hydrogens is 271 g/mol. The van der Waals surface area contributed by atoms with Crippen molar-refractivity contribution in [2.45, 2.75) is 11.9 Å². The molecule has 2 aliphatic rings. The highest BCUT2D eigenvalue weighted by atomic mass is 32.2. The molecule has 1 aliphatic carbocycles. The summed E-state index contributed by atoms with van der Waals surface area (Å²) in [6.45, 7) is 3.30. The Morgan fingerprint density at radius 1 is 1.42 bits per heavy atom. The molecule has 19 heavy (non-hydrogen) atoms. The summed E-state index contributed by atoms with van der Waals surface area (Å²) in [6, 6.07) is 2.30. The highest BCUT2D eigenvalue weighted by Crippen LogP contribution is 2.50. The Balaban J connectivity index is 1.67. The van der Waals surface area contributed by atoms with E-state index in [0.29, 0.717) is 24.3 Å². The van der Waals surface area contributed by atoms with Crippen LogP contribution in [-0.2, 0) is 14.8 Å². The summed E-state index contributed by atoms with van der Waals surface area (Å²) in [6.07, 6.45) is 0. The van der Waals surface area contributed by atoms with Gasteiger partial charge in [-0.25, -0.2) is 22.5 Å². The van der Waals surface area contributed by atoms with E-state index in [1.54, 1.807) is 0 Å². The molecule has 1 aliphatic heterocycles. The second kappa shape index (κ2) is 4.50. The van der Waals surface area contributed by atoms with Gasteiger partial charge in [0.25, 0.3) is 10.0 Å². The van der Waals surface area contributed by atoms with Crippen molar-refractivity contribution < 1.29 is 17.5 Å². The molecule has 7 heteroatoms. The van der Waals surface area contributed by atoms with Gasteiger partial charge in [0.2, 0.25) is 0 Å². The van der Waals surface area contributed by atoms with E-state index in [1.165, 1.54) is 13.0 Å². The molecule has 0 spiro atoms. The average molecular weight is 286 g/mol. The number of ether oxygens (including phenoxy) is 1. The molecule has 2 unspecified atom stereocenters. The Hall–Kier alpha value is -1.05. The van der Waals surface area contributed by atoms with Gasteiger partial charge in [-0.05, 0) is 36.8 Å². The van der Waals surface area contributed by atoms with Crippen LogP contribution in [0.25, 0.3) is 0 Å². The minimum atomic E-state index is -3.65. The average Bonchev–Trinajstić information content (AvgIpc) is 2.80. The Morgan fingerprint density at radius 2 is 2.11 bits per heavy atom. The molecule has 5 nitrogen and oxygen atoms in total. The Bertz CT molecular complexity index is 595. The molecule has 0 bridgehead atoms. The van der Waals surface area contributed by atoms with E-state index >= 15 is 0 Å². The number of hydrogen-bond acceptors (Lipinski definition) is 4. The molecule has 104 valence electrons. The summed E-state index contributed by atoms with van der Waals surface area (Å²) in [7, 11) is -3.65. The Kier molecular flexibility index (Phi) is 3.07. The molecule has 1 saturated heterocycles. The highest BCUT2D eigenvalue weighted by molar-refractivity contribution is 7.89. The van der Waals surface area contributed by atoms with Crippen LogP contribution in [0.2, 0.25) is 0 Å². The van der Waals surface area contributed by atoms with Crippen LogP contribution in [0, 0.1) is 30.5 Å². The van der Waals surface area contributed by atoms with Crippen LogP contribution in [0.3, 0.4) is 0 Å². The van der Waals surface area contributed by atoms with Crippen LogP contribution >= 0.6 is 0 Å². The summed E-state index contributed by atoms with van der Waals surface area (Å²) in [5.41, 5.74) is 0.0829. The third-order valence-electron chi connectivity index (χ3n) is 3.91. The normalized spacial score (nSPS) is 29.3. The van der Waals surface area contributed by atoms with Crippen LogP contribution in [0.1, 0.15) is 5.69 Å². The zero-order chi connectivity index (χ0) is 13.6. The van der Waals surface area contributed by atoms with E-state index in [-0.39, 0.29) is 10.7 Å². The zero-order valence-electron chi connectivity index (χ0n) is 10.5. The van der Waals surface area contributed by atoms with Crippen molar-refractivity contribution in [3.63, 3.8) is 0 Å². The fourth-order valence-electron chi connectivity index (χ4n) is 2.61. The minimum absolute atomic E-state index is 0.0829. The Morgan fingerprint density at radius 3 is 2.74 bits per heavy atom. The zero-order valence-corrected chi connectivity index (χ0v) is 11.3. The van der Waals surface area contributed by atoms with E-state index in [2.05, 4.69) is 9.71 Å². The predicted octanol–water partition coefficient (Wildman–Crippen LogP) is 0.700. The van der Waals surface area contributed by atoms with Crippen molar-refractivity contribution in [1.82, 2.24) is 9.71 Å². The standard InChI is InChI=1S/C12H15FN2O3S/c1-7-11(13)2-3-12(15-7)19(16,17)14-4-8-9-5-18-6-10(8)9/h2-3,8-10,14H,4-6H2,1H3. The van der Waals surface area contributed by atoms with Crippen LogP contribution in [0.4, 0.5) is 4.39 Å². The monoisotopic (exact) mass is 286 g/mol. The first kappa shape index (κ1) is 13.0. The molecule has 2 heterocycles. The molecule has 1 aromatic heterocycles. The lowest BCUT2D eigenvalue weighted by Gasteiger charge is -2.08. The maximum absolute atomic E-state index is 13.1. The summed E-state index contributed by atoms with van der Waals surface area (Å²) >= 11 is 0. The number of fused-ring (bicyclic) bond motifs is 1. The number of hydrogen-bond donors (Lipinski definition) is 1. The van der Waals surface area contributed by atoms with E-state index in [1.807, 2.05) is 0 Å². The smallest absolute Gasteiger partial charge is 0.258 e. The van der Waals surface area contributed by atoms with Crippen LogP contribution < -0.4 is 4.72 Å². The first-order valence-corrected chi connectivity index (χ1v) is 7.68. The van der Waals surface area contributed by atoms with Gasteiger partial charge in [-0.3, -0.25) is 0 Å². The fraction of sp³-hybridized carbons (Fsp3) is 0.583. The van der Waals surface area contributed by atoms with Crippen LogP contribution in [-0.4, -0.2) is 33.2 Å². The van der Waals surface area contributed by atoms with Gasteiger partial charge in [0.05, 0.1) is 18.9 Å². The van der Waals surface area contributed by atoms with Crippen LogP contribution in [0.15, 0.2) is 17.2 Å². The Labute approximate surface area is 111 Å². The lowest BCUT2D eigenvalue weighted by Crippen LogP contribution is -2.28. The molecule has 0 aromatic carbocycles. The maximum atomic E-state index is 13.1. The topological polar surface area (TPSA) is 68.3 Å². The van der Waals surface area contributed by atoms with E-state index < -0.39 is 15.8 Å². The van der Waals surface area contributed by atoms with Crippen molar-refractivity contribution in [3.8, 4) is 0 Å². The number of pyridine rings is 1. The molecule has 0 amide bonds. The molecular formula is C12H15FN2O3S. The van der Waals surface area contributed by atoms with Crippen LogP contribution in [0.5, 0.6) is 0 Å². The van der Waals surface area contributed by atoms with Crippen molar-refractivity contribution >= 4 is 10.0 Å². The van der Waals surface area contributed by atoms with E-state index in [9.17, 15) is 12.8 Å². The molecule has 2 fully saturated rings. The number of nitrogens with one attached hydrogen (secondary N) is 1. The molecule has 3 rings (SSSR count). The van der Waals surface area contributed by atoms with Crippen molar-refractivity contribution in [2.24, 2.45) is 17.8 Å². The largest absolute Gasteiger partial charge is 0.381 e. The van der Waals surface area contributed by atoms with Crippen molar-refractivity contribution in [2.75, 3.05) is 19.8 Å². The van der Waals surface area contributed by atoms with Gasteiger partial charge in [-0.15, -0.1) is 0 Å². The van der Waals surface area contributed by atoms with Crippen molar-refractivity contribution in [3.05, 3.63) is 23.6 Å². The number of nitrogens with zero attached hydrogens (tertiary/aromatic N) is 1. The molecule has 0 radical (unpaired) electrons. The SMILES string of the molecule is Cc1nc(S(=O)(=O)NCC2C3COCC23)ccc1F. The highest BCUT2D eigenvalue weighted by Gasteiger charge is 2.53.